The van der Waals surface area contributed by atoms with Crippen molar-refractivity contribution in [2.45, 2.75) is 0 Å². The van der Waals surface area contributed by atoms with E-state index in [-0.39, 0.29) is 27.2 Å². The van der Waals surface area contributed by atoms with E-state index in [9.17, 15) is 25.0 Å². The third-order valence-electron chi connectivity index (χ3n) is 3.17. The van der Waals surface area contributed by atoms with Gasteiger partial charge in [-0.25, -0.2) is 0 Å². The number of nitro groups is 2. The second-order valence-corrected chi connectivity index (χ2v) is 5.90. The molecule has 126 valence electrons. The highest BCUT2D eigenvalue weighted by atomic mass is 32.2. The molecule has 0 aliphatic carbocycles. The number of non-ortho nitro benzene ring substituents is 2. The van der Waals surface area contributed by atoms with Crippen molar-refractivity contribution < 1.29 is 19.1 Å². The van der Waals surface area contributed by atoms with Crippen molar-refractivity contribution in [1.29, 1.82) is 5.41 Å². The first-order chi connectivity index (χ1) is 11.8. The average molecular weight is 360 g/mol. The van der Waals surface area contributed by atoms with Gasteiger partial charge in [0.05, 0.1) is 20.8 Å². The second kappa shape index (κ2) is 6.20. The first-order valence-electron chi connectivity index (χ1n) is 6.67. The maximum atomic E-state index is 11.6. The minimum absolute atomic E-state index is 0.00246. The zero-order chi connectivity index (χ0) is 18.1. The quantitative estimate of drug-likeness (QED) is 0.483. The summed E-state index contributed by atoms with van der Waals surface area (Å²) in [4.78, 5) is 32.2. The van der Waals surface area contributed by atoms with E-state index in [0.717, 1.165) is 30.0 Å². The molecule has 0 spiro atoms. The van der Waals surface area contributed by atoms with Crippen LogP contribution in [0.2, 0.25) is 0 Å². The van der Waals surface area contributed by atoms with Gasteiger partial charge in [-0.1, -0.05) is 0 Å². The molecule has 0 saturated carbocycles. The Morgan fingerprint density at radius 1 is 1.12 bits per heavy atom. The fourth-order valence-corrected chi connectivity index (χ4v) is 2.79. The average Bonchev–Trinajstić information content (AvgIpc) is 3.14. The molecule has 0 bridgehead atoms. The number of thioether (sulfide) groups is 1. The van der Waals surface area contributed by atoms with Gasteiger partial charge in [-0.2, -0.15) is 0 Å². The molecule has 25 heavy (non-hydrogen) atoms. The number of nitrogens with one attached hydrogen (secondary N) is 2. The Bertz CT molecular complexity index is 932. The van der Waals surface area contributed by atoms with Crippen molar-refractivity contribution in [2.24, 2.45) is 0 Å². The van der Waals surface area contributed by atoms with Crippen LogP contribution < -0.4 is 5.32 Å². The van der Waals surface area contributed by atoms with Gasteiger partial charge in [0, 0.05) is 23.8 Å². The normalized spacial score (nSPS) is 15.4. The molecule has 2 heterocycles. The minimum atomic E-state index is -0.729. The molecule has 0 unspecified atom stereocenters. The number of furan rings is 1. The Morgan fingerprint density at radius 3 is 2.28 bits per heavy atom. The minimum Gasteiger partial charge on any atom is -0.457 e. The summed E-state index contributed by atoms with van der Waals surface area (Å²) >= 11 is 0.931. The molecule has 1 amide bonds. The van der Waals surface area contributed by atoms with E-state index in [2.05, 4.69) is 5.32 Å². The van der Waals surface area contributed by atoms with Crippen LogP contribution in [0.4, 0.5) is 11.4 Å². The van der Waals surface area contributed by atoms with Gasteiger partial charge >= 0.3 is 0 Å². The molecular formula is C14H8N4O6S. The van der Waals surface area contributed by atoms with E-state index in [4.69, 9.17) is 9.83 Å². The fraction of sp³-hybridized carbons (Fsp3) is 0. The van der Waals surface area contributed by atoms with E-state index >= 15 is 0 Å². The smallest absolute Gasteiger partial charge is 0.277 e. The number of amidine groups is 1. The van der Waals surface area contributed by atoms with Crippen LogP contribution in [0, 0.1) is 25.6 Å². The number of hydrogen-bond acceptors (Lipinski definition) is 8. The van der Waals surface area contributed by atoms with Gasteiger partial charge in [0.2, 0.25) is 0 Å². The lowest BCUT2D eigenvalue weighted by Gasteiger charge is -1.99. The number of nitro benzene ring substituents is 2. The van der Waals surface area contributed by atoms with Crippen LogP contribution in [0.15, 0.2) is 39.7 Å². The third kappa shape index (κ3) is 3.40. The highest BCUT2D eigenvalue weighted by Gasteiger charge is 2.23. The standard InChI is InChI=1S/C14H8N4O6S/c15-14-16-13(19)12(25-14)6-10-1-2-11(24-10)7-3-8(17(20)21)5-9(4-7)18(22)23/h1-6H,(H2,15,16,19). The van der Waals surface area contributed by atoms with Crippen LogP contribution in [-0.2, 0) is 4.79 Å². The number of benzene rings is 1. The zero-order valence-corrected chi connectivity index (χ0v) is 13.0. The van der Waals surface area contributed by atoms with Crippen LogP contribution in [0.3, 0.4) is 0 Å². The van der Waals surface area contributed by atoms with Crippen LogP contribution in [0.5, 0.6) is 0 Å². The predicted octanol–water partition coefficient (Wildman–Crippen LogP) is 2.90. The molecule has 1 aliphatic heterocycles. The molecule has 0 radical (unpaired) electrons. The molecule has 11 heteroatoms. The lowest BCUT2D eigenvalue weighted by atomic mass is 10.1. The molecular weight excluding hydrogens is 352 g/mol. The number of carbonyl (C=O) groups is 1. The van der Waals surface area contributed by atoms with Crippen LogP contribution in [-0.4, -0.2) is 20.9 Å². The molecule has 0 atom stereocenters. The van der Waals surface area contributed by atoms with Gasteiger partial charge in [-0.05, 0) is 23.9 Å². The molecule has 1 aliphatic rings. The molecule has 2 N–H and O–H groups in total. The van der Waals surface area contributed by atoms with Crippen molar-refractivity contribution in [2.75, 3.05) is 0 Å². The summed E-state index contributed by atoms with van der Waals surface area (Å²) in [5, 5.41) is 31.6. The van der Waals surface area contributed by atoms with Gasteiger partial charge in [-0.3, -0.25) is 30.4 Å². The maximum absolute atomic E-state index is 11.6. The Morgan fingerprint density at radius 2 is 1.76 bits per heavy atom. The molecule has 2 aromatic rings. The van der Waals surface area contributed by atoms with E-state index in [1.165, 1.54) is 18.2 Å². The summed E-state index contributed by atoms with van der Waals surface area (Å²) < 4.78 is 5.50. The van der Waals surface area contributed by atoms with Gasteiger partial charge in [0.25, 0.3) is 17.3 Å². The van der Waals surface area contributed by atoms with Crippen molar-refractivity contribution in [3.8, 4) is 11.3 Å². The number of rotatable bonds is 4. The summed E-state index contributed by atoms with van der Waals surface area (Å²) in [7, 11) is 0. The summed E-state index contributed by atoms with van der Waals surface area (Å²) in [6, 6.07) is 6.19. The van der Waals surface area contributed by atoms with E-state index in [1.807, 2.05) is 0 Å². The van der Waals surface area contributed by atoms with Gasteiger partial charge in [0.15, 0.2) is 5.17 Å². The van der Waals surface area contributed by atoms with Gasteiger partial charge in [0.1, 0.15) is 11.5 Å². The Labute approximate surface area is 143 Å². The van der Waals surface area contributed by atoms with Gasteiger partial charge < -0.3 is 9.73 Å². The van der Waals surface area contributed by atoms with Crippen LogP contribution >= 0.6 is 11.8 Å². The number of carbonyl (C=O) groups excluding carboxylic acids is 1. The topological polar surface area (TPSA) is 152 Å². The Kier molecular flexibility index (Phi) is 4.07. The monoisotopic (exact) mass is 360 g/mol. The molecule has 1 aromatic carbocycles. The summed E-state index contributed by atoms with van der Waals surface area (Å²) in [6.07, 6.45) is 1.41. The second-order valence-electron chi connectivity index (χ2n) is 4.85. The first kappa shape index (κ1) is 16.4. The van der Waals surface area contributed by atoms with Crippen molar-refractivity contribution in [3.05, 3.63) is 61.2 Å². The Balaban J connectivity index is 1.98. The fourth-order valence-electron chi connectivity index (χ4n) is 2.10. The van der Waals surface area contributed by atoms with Crippen molar-refractivity contribution >= 4 is 40.3 Å². The molecule has 3 rings (SSSR count). The summed E-state index contributed by atoms with van der Waals surface area (Å²) in [5.74, 6) is 0.0209. The van der Waals surface area contributed by atoms with Crippen molar-refractivity contribution in [3.63, 3.8) is 0 Å². The van der Waals surface area contributed by atoms with Gasteiger partial charge in [-0.15, -0.1) is 0 Å². The van der Waals surface area contributed by atoms with Crippen LogP contribution in [0.1, 0.15) is 5.76 Å². The SMILES string of the molecule is N=C1NC(=O)C(=Cc2ccc(-c3cc([N+](=O)[O-])cc([N+](=O)[O-])c3)o2)S1. The number of hydrogen-bond donors (Lipinski definition) is 2. The summed E-state index contributed by atoms with van der Waals surface area (Å²) in [5.41, 5.74) is -0.693. The van der Waals surface area contributed by atoms with E-state index in [0.29, 0.717) is 0 Å². The molecule has 1 fully saturated rings. The molecule has 1 saturated heterocycles. The van der Waals surface area contributed by atoms with Crippen molar-refractivity contribution in [1.82, 2.24) is 5.32 Å². The lowest BCUT2D eigenvalue weighted by molar-refractivity contribution is -0.394. The summed E-state index contributed by atoms with van der Waals surface area (Å²) in [6.45, 7) is 0. The maximum Gasteiger partial charge on any atom is 0.277 e. The van der Waals surface area contributed by atoms with Crippen LogP contribution in [0.25, 0.3) is 17.4 Å². The highest BCUT2D eigenvalue weighted by Crippen LogP contribution is 2.32. The zero-order valence-electron chi connectivity index (χ0n) is 12.2. The van der Waals surface area contributed by atoms with E-state index < -0.39 is 27.1 Å². The number of amides is 1. The third-order valence-corrected chi connectivity index (χ3v) is 4.00. The molecule has 1 aromatic heterocycles. The Hall–Kier alpha value is -3.47. The van der Waals surface area contributed by atoms with E-state index in [1.54, 1.807) is 0 Å². The predicted molar refractivity (Wildman–Crippen MR) is 88.9 cm³/mol. The highest BCUT2D eigenvalue weighted by molar-refractivity contribution is 8.18. The largest absolute Gasteiger partial charge is 0.457 e. The number of nitrogens with zero attached hydrogens (tertiary/aromatic N) is 2. The lowest BCUT2D eigenvalue weighted by Crippen LogP contribution is -2.18. The molecule has 10 nitrogen and oxygen atoms in total. The first-order valence-corrected chi connectivity index (χ1v) is 7.48.